The highest BCUT2D eigenvalue weighted by molar-refractivity contribution is 5.94. The van der Waals surface area contributed by atoms with Crippen molar-refractivity contribution >= 4 is 16.8 Å². The van der Waals surface area contributed by atoms with E-state index in [1.54, 1.807) is 22.6 Å². The molecule has 186 valence electrons. The molecule has 1 amide bonds. The second-order valence-electron chi connectivity index (χ2n) is 8.83. The molecule has 7 nitrogen and oxygen atoms in total. The summed E-state index contributed by atoms with van der Waals surface area (Å²) in [4.78, 5) is 30.4. The first-order chi connectivity index (χ1) is 17.5. The average molecular weight is 485 g/mol. The van der Waals surface area contributed by atoms with Gasteiger partial charge in [-0.2, -0.15) is 0 Å². The Morgan fingerprint density at radius 3 is 2.72 bits per heavy atom. The van der Waals surface area contributed by atoms with Crippen LogP contribution in [0.5, 0.6) is 5.75 Å². The highest BCUT2D eigenvalue weighted by Gasteiger charge is 2.10. The van der Waals surface area contributed by atoms with Crippen LogP contribution in [0.3, 0.4) is 0 Å². The van der Waals surface area contributed by atoms with Gasteiger partial charge in [0.2, 0.25) is 0 Å². The van der Waals surface area contributed by atoms with Gasteiger partial charge in [0.15, 0.2) is 0 Å². The normalized spacial score (nSPS) is 10.9. The summed E-state index contributed by atoms with van der Waals surface area (Å²) in [6.07, 6.45) is 3.51. The van der Waals surface area contributed by atoms with E-state index in [2.05, 4.69) is 16.4 Å². The first kappa shape index (κ1) is 25.1. The van der Waals surface area contributed by atoms with Crippen molar-refractivity contribution in [2.45, 2.75) is 19.4 Å². The molecule has 4 aromatic rings. The Bertz CT molecular complexity index is 1370. The smallest absolute Gasteiger partial charge is 0.253 e. The summed E-state index contributed by atoms with van der Waals surface area (Å²) in [7, 11) is 3.59. The number of hydrogen-bond donors (Lipinski definition) is 1. The number of hydrogen-bond acceptors (Lipinski definition) is 5. The van der Waals surface area contributed by atoms with Gasteiger partial charge in [0, 0.05) is 62.6 Å². The Kier molecular flexibility index (Phi) is 8.47. The second kappa shape index (κ2) is 12.1. The minimum absolute atomic E-state index is 0.0217. The van der Waals surface area contributed by atoms with Crippen LogP contribution in [0, 0.1) is 0 Å². The number of benzene rings is 2. The van der Waals surface area contributed by atoms with Crippen LogP contribution in [0.15, 0.2) is 83.8 Å². The molecule has 0 spiro atoms. The van der Waals surface area contributed by atoms with Crippen molar-refractivity contribution in [2.24, 2.45) is 7.05 Å². The van der Waals surface area contributed by atoms with Crippen LogP contribution in [-0.2, 0) is 20.0 Å². The van der Waals surface area contributed by atoms with E-state index in [0.717, 1.165) is 47.3 Å². The Balaban J connectivity index is 1.19. The number of carbonyl (C=O) groups is 1. The third-order valence-corrected chi connectivity index (χ3v) is 6.14. The third-order valence-electron chi connectivity index (χ3n) is 6.14. The second-order valence-corrected chi connectivity index (χ2v) is 8.83. The van der Waals surface area contributed by atoms with Crippen LogP contribution < -0.4 is 15.6 Å². The zero-order valence-corrected chi connectivity index (χ0v) is 20.8. The molecule has 0 saturated heterocycles. The number of fused-ring (bicyclic) bond motifs is 1. The first-order valence-corrected chi connectivity index (χ1v) is 12.2. The monoisotopic (exact) mass is 484 g/mol. The molecule has 0 atom stereocenters. The molecule has 0 aliphatic heterocycles. The molecular formula is C29H32N4O3. The molecule has 0 aliphatic rings. The maximum absolute atomic E-state index is 12.4. The summed E-state index contributed by atoms with van der Waals surface area (Å²) in [5, 5.41) is 4.39. The van der Waals surface area contributed by atoms with Gasteiger partial charge >= 0.3 is 0 Å². The van der Waals surface area contributed by atoms with Crippen LogP contribution in [0.2, 0.25) is 0 Å². The largest absolute Gasteiger partial charge is 0.494 e. The van der Waals surface area contributed by atoms with Crippen molar-refractivity contribution in [3.63, 3.8) is 0 Å². The van der Waals surface area contributed by atoms with Crippen LogP contribution in [-0.4, -0.2) is 47.1 Å². The van der Waals surface area contributed by atoms with Crippen molar-refractivity contribution in [3.8, 4) is 5.75 Å². The number of aromatic nitrogens is 2. The summed E-state index contributed by atoms with van der Waals surface area (Å²) in [6, 6.07) is 22.6. The van der Waals surface area contributed by atoms with E-state index in [9.17, 15) is 9.59 Å². The Labute approximate surface area is 211 Å². The number of aryl methyl sites for hydroxylation is 2. The lowest BCUT2D eigenvalue weighted by Crippen LogP contribution is -2.33. The van der Waals surface area contributed by atoms with Crippen LogP contribution in [0.4, 0.5) is 0 Å². The minimum atomic E-state index is -0.0217. The molecule has 0 bridgehead atoms. The number of carbonyl (C=O) groups excluding carboxylic acids is 1. The molecule has 1 N–H and O–H groups in total. The fraction of sp³-hybridized carbons (Fsp3) is 0.276. The number of amides is 1. The zero-order valence-electron chi connectivity index (χ0n) is 20.8. The molecular weight excluding hydrogens is 452 g/mol. The van der Waals surface area contributed by atoms with Crippen LogP contribution >= 0.6 is 0 Å². The van der Waals surface area contributed by atoms with Crippen molar-refractivity contribution in [2.75, 3.05) is 26.7 Å². The highest BCUT2D eigenvalue weighted by Crippen LogP contribution is 2.19. The topological polar surface area (TPSA) is 76.5 Å². The van der Waals surface area contributed by atoms with E-state index in [-0.39, 0.29) is 11.5 Å². The summed E-state index contributed by atoms with van der Waals surface area (Å²) in [5.41, 5.74) is 3.77. The van der Waals surface area contributed by atoms with E-state index in [1.165, 1.54) is 0 Å². The molecule has 0 radical (unpaired) electrons. The van der Waals surface area contributed by atoms with Gasteiger partial charge in [-0.1, -0.05) is 18.2 Å². The van der Waals surface area contributed by atoms with Gasteiger partial charge in [-0.05, 0) is 66.9 Å². The SMILES string of the molecule is CN(CCNCc1ccnc(CCCOc2ccc3c(ccc(=O)n3C)c2)c1)C(=O)c1ccccc1. The molecule has 0 fully saturated rings. The van der Waals surface area contributed by atoms with Crippen LogP contribution in [0.25, 0.3) is 10.9 Å². The van der Waals surface area contributed by atoms with Gasteiger partial charge in [-0.25, -0.2) is 0 Å². The summed E-state index contributed by atoms with van der Waals surface area (Å²) < 4.78 is 7.56. The molecule has 7 heteroatoms. The quantitative estimate of drug-likeness (QED) is 0.328. The Hall–Kier alpha value is -3.97. The summed E-state index contributed by atoms with van der Waals surface area (Å²) in [6.45, 7) is 2.65. The highest BCUT2D eigenvalue weighted by atomic mass is 16.5. The summed E-state index contributed by atoms with van der Waals surface area (Å²) >= 11 is 0. The molecule has 2 aromatic carbocycles. The third kappa shape index (κ3) is 6.58. The van der Waals surface area contributed by atoms with Crippen molar-refractivity contribution < 1.29 is 9.53 Å². The minimum Gasteiger partial charge on any atom is -0.494 e. The maximum Gasteiger partial charge on any atom is 0.253 e. The first-order valence-electron chi connectivity index (χ1n) is 12.2. The van der Waals surface area contributed by atoms with E-state index in [4.69, 9.17) is 4.74 Å². The fourth-order valence-electron chi connectivity index (χ4n) is 4.05. The fourth-order valence-corrected chi connectivity index (χ4v) is 4.05. The summed E-state index contributed by atoms with van der Waals surface area (Å²) in [5.74, 6) is 0.822. The van der Waals surface area contributed by atoms with Crippen molar-refractivity contribution in [1.29, 1.82) is 0 Å². The molecule has 4 rings (SSSR count). The molecule has 0 saturated carbocycles. The predicted octanol–water partition coefficient (Wildman–Crippen LogP) is 3.81. The number of rotatable bonds is 11. The maximum atomic E-state index is 12.4. The van der Waals surface area contributed by atoms with E-state index >= 15 is 0 Å². The number of nitrogens with one attached hydrogen (secondary N) is 1. The van der Waals surface area contributed by atoms with Crippen LogP contribution in [0.1, 0.15) is 28.0 Å². The lowest BCUT2D eigenvalue weighted by Gasteiger charge is -2.17. The average Bonchev–Trinajstić information content (AvgIpc) is 2.91. The Morgan fingerprint density at radius 2 is 1.89 bits per heavy atom. The standard InChI is InChI=1S/C29H32N4O3/c1-32(29(35)23-7-4-3-5-8-23)17-16-30-21-22-14-15-31-25(19-22)9-6-18-36-26-11-12-27-24(20-26)10-13-28(34)33(27)2/h3-5,7-8,10-15,19-20,30H,6,9,16-18,21H2,1-2H3. The van der Waals surface area contributed by atoms with Gasteiger partial charge in [-0.15, -0.1) is 0 Å². The molecule has 2 aromatic heterocycles. The number of nitrogens with zero attached hydrogens (tertiary/aromatic N) is 3. The number of ether oxygens (including phenoxy) is 1. The van der Waals surface area contributed by atoms with Gasteiger partial charge in [0.25, 0.3) is 11.5 Å². The molecule has 36 heavy (non-hydrogen) atoms. The van der Waals surface area contributed by atoms with Gasteiger partial charge in [0.1, 0.15) is 5.75 Å². The molecule has 2 heterocycles. The Morgan fingerprint density at radius 1 is 1.06 bits per heavy atom. The van der Waals surface area contributed by atoms with Gasteiger partial charge in [-0.3, -0.25) is 14.6 Å². The number of likely N-dealkylation sites (N-methyl/N-ethyl adjacent to an activating group) is 1. The van der Waals surface area contributed by atoms with Crippen molar-refractivity contribution in [3.05, 3.63) is 106 Å². The lowest BCUT2D eigenvalue weighted by molar-refractivity contribution is 0.0796. The zero-order chi connectivity index (χ0) is 25.3. The van der Waals surface area contributed by atoms with Gasteiger partial charge in [0.05, 0.1) is 12.1 Å². The predicted molar refractivity (Wildman–Crippen MR) is 142 cm³/mol. The van der Waals surface area contributed by atoms with E-state index in [0.29, 0.717) is 25.3 Å². The van der Waals surface area contributed by atoms with E-state index in [1.807, 2.05) is 73.9 Å². The number of pyridine rings is 2. The van der Waals surface area contributed by atoms with Gasteiger partial charge < -0.3 is 19.5 Å². The van der Waals surface area contributed by atoms with Crippen molar-refractivity contribution in [1.82, 2.24) is 19.8 Å². The lowest BCUT2D eigenvalue weighted by atomic mass is 10.1. The van der Waals surface area contributed by atoms with E-state index < -0.39 is 0 Å². The molecule has 0 aliphatic carbocycles. The molecule has 0 unspecified atom stereocenters.